The lowest BCUT2D eigenvalue weighted by molar-refractivity contribution is -0.209. The van der Waals surface area contributed by atoms with Gasteiger partial charge in [0.05, 0.1) is 12.7 Å². The summed E-state index contributed by atoms with van der Waals surface area (Å²) in [6, 6.07) is 10.8. The summed E-state index contributed by atoms with van der Waals surface area (Å²) < 4.78 is 51.0. The lowest BCUT2D eigenvalue weighted by atomic mass is 10.1. The Morgan fingerprint density at radius 3 is 2.34 bits per heavy atom. The number of hydrogen-bond acceptors (Lipinski definition) is 4. The smallest absolute Gasteiger partial charge is 0.426 e. The van der Waals surface area contributed by atoms with Crippen molar-refractivity contribution in [3.63, 3.8) is 0 Å². The molecule has 1 saturated heterocycles. The summed E-state index contributed by atoms with van der Waals surface area (Å²) in [6.45, 7) is 0.0764. The second-order valence-corrected chi connectivity index (χ2v) is 8.20. The molecule has 0 aromatic heterocycles. The molecule has 1 fully saturated rings. The van der Waals surface area contributed by atoms with Gasteiger partial charge >= 0.3 is 12.3 Å². The van der Waals surface area contributed by atoms with E-state index in [0.29, 0.717) is 20.6 Å². The maximum absolute atomic E-state index is 13.5. The Bertz CT molecular complexity index is 896. The fourth-order valence-electron chi connectivity index (χ4n) is 3.08. The molecule has 1 unspecified atom stereocenters. The summed E-state index contributed by atoms with van der Waals surface area (Å²) in [4.78, 5) is 13.5. The van der Waals surface area contributed by atoms with Gasteiger partial charge in [0.1, 0.15) is 0 Å². The monoisotopic (exact) mass is 532 g/mol. The molecule has 1 N–H and O–H groups in total. The highest BCUT2D eigenvalue weighted by atomic mass is 35.5. The maximum Gasteiger partial charge on any atom is 0.426 e. The molecule has 1 heterocycles. The molecule has 176 valence electrons. The predicted octanol–water partition coefficient (Wildman–Crippen LogP) is 6.62. The molecule has 5 nitrogen and oxygen atoms in total. The standard InChI is InChI=1S/C20H18Cl3F3N2O3.ClH/c21-13-1-3-16(4-2-13)27-19(29)31-18(20(24,25)26)11-28-5-6-30-17(10-28)12-7-14(22)9-15(23)8-12;/h1-4,7-9,17-18H,5-6,10-11H2,(H,27,29);1H/t17?,18-;/m0./s1. The molecule has 0 spiro atoms. The van der Waals surface area contributed by atoms with Gasteiger partial charge in [-0.05, 0) is 48.0 Å². The van der Waals surface area contributed by atoms with Crippen molar-refractivity contribution in [2.24, 2.45) is 0 Å². The Morgan fingerprint density at radius 2 is 1.75 bits per heavy atom. The summed E-state index contributed by atoms with van der Waals surface area (Å²) in [5.74, 6) is 0. The third-order valence-corrected chi connectivity index (χ3v) is 5.22. The number of nitrogens with zero attached hydrogens (tertiary/aromatic N) is 1. The highest BCUT2D eigenvalue weighted by Crippen LogP contribution is 2.30. The number of carbonyl (C=O) groups excluding carboxylic acids is 1. The minimum atomic E-state index is -4.75. The van der Waals surface area contributed by atoms with Gasteiger partial charge in [-0.15, -0.1) is 12.4 Å². The first kappa shape index (κ1) is 26.8. The minimum absolute atomic E-state index is 0. The van der Waals surface area contributed by atoms with Crippen LogP contribution >= 0.6 is 47.2 Å². The molecule has 32 heavy (non-hydrogen) atoms. The molecule has 0 bridgehead atoms. The number of morpholine rings is 1. The van der Waals surface area contributed by atoms with Gasteiger partial charge in [0.25, 0.3) is 0 Å². The normalized spacial score (nSPS) is 17.9. The second kappa shape index (κ2) is 11.6. The van der Waals surface area contributed by atoms with Gasteiger partial charge in [-0.25, -0.2) is 4.79 Å². The highest BCUT2D eigenvalue weighted by Gasteiger charge is 2.44. The van der Waals surface area contributed by atoms with E-state index in [1.54, 1.807) is 18.2 Å². The summed E-state index contributed by atoms with van der Waals surface area (Å²) >= 11 is 17.8. The number of hydrogen-bond donors (Lipinski definition) is 1. The Kier molecular flexibility index (Phi) is 9.75. The van der Waals surface area contributed by atoms with E-state index in [9.17, 15) is 18.0 Å². The Morgan fingerprint density at radius 1 is 1.12 bits per heavy atom. The van der Waals surface area contributed by atoms with Crippen LogP contribution in [0.2, 0.25) is 15.1 Å². The molecule has 2 aromatic rings. The van der Waals surface area contributed by atoms with Crippen LogP contribution in [0.4, 0.5) is 23.7 Å². The Balaban J connectivity index is 0.00000363. The van der Waals surface area contributed by atoms with E-state index >= 15 is 0 Å². The van der Waals surface area contributed by atoms with Gasteiger partial charge < -0.3 is 9.47 Å². The molecular formula is C20H19Cl4F3N2O3. The molecule has 0 saturated carbocycles. The van der Waals surface area contributed by atoms with Crippen LogP contribution in [0.25, 0.3) is 0 Å². The van der Waals surface area contributed by atoms with Crippen molar-refractivity contribution in [2.45, 2.75) is 18.4 Å². The van der Waals surface area contributed by atoms with E-state index < -0.39 is 31.0 Å². The van der Waals surface area contributed by atoms with E-state index in [1.165, 1.54) is 29.2 Å². The summed E-state index contributed by atoms with van der Waals surface area (Å²) in [7, 11) is 0. The number of alkyl halides is 3. The molecule has 0 aliphatic carbocycles. The van der Waals surface area contributed by atoms with Crippen molar-refractivity contribution in [3.8, 4) is 0 Å². The van der Waals surface area contributed by atoms with E-state index in [-0.39, 0.29) is 37.8 Å². The van der Waals surface area contributed by atoms with E-state index in [2.05, 4.69) is 5.32 Å². The molecule has 2 aromatic carbocycles. The van der Waals surface area contributed by atoms with Crippen molar-refractivity contribution in [1.29, 1.82) is 0 Å². The average Bonchev–Trinajstić information content (AvgIpc) is 2.68. The van der Waals surface area contributed by atoms with Crippen LogP contribution < -0.4 is 5.32 Å². The van der Waals surface area contributed by atoms with Crippen LogP contribution in [0.5, 0.6) is 0 Å². The number of ether oxygens (including phenoxy) is 2. The Hall–Kier alpha value is -1.42. The number of carbonyl (C=O) groups is 1. The molecule has 0 radical (unpaired) electrons. The molecule has 1 aliphatic rings. The molecule has 1 aliphatic heterocycles. The van der Waals surface area contributed by atoms with Gasteiger partial charge in [-0.1, -0.05) is 34.8 Å². The fraction of sp³-hybridized carbons (Fsp3) is 0.350. The third kappa shape index (κ3) is 7.86. The number of nitrogens with one attached hydrogen (secondary N) is 1. The number of halogens is 7. The zero-order valence-corrected chi connectivity index (χ0v) is 19.5. The van der Waals surface area contributed by atoms with Crippen LogP contribution in [0.3, 0.4) is 0 Å². The molecule has 12 heteroatoms. The molecule has 2 atom stereocenters. The fourth-order valence-corrected chi connectivity index (χ4v) is 3.75. The number of amides is 1. The third-order valence-electron chi connectivity index (χ3n) is 4.54. The van der Waals surface area contributed by atoms with Gasteiger partial charge in [-0.3, -0.25) is 10.2 Å². The first-order valence-electron chi connectivity index (χ1n) is 9.20. The van der Waals surface area contributed by atoms with Gasteiger partial charge in [-0.2, -0.15) is 13.2 Å². The van der Waals surface area contributed by atoms with Crippen LogP contribution in [-0.4, -0.2) is 49.5 Å². The molecular weight excluding hydrogens is 515 g/mol. The van der Waals surface area contributed by atoms with Gasteiger partial charge in [0, 0.05) is 40.4 Å². The van der Waals surface area contributed by atoms with Crippen LogP contribution in [0, 0.1) is 0 Å². The zero-order chi connectivity index (χ0) is 22.6. The SMILES string of the molecule is Cl.O=C(Nc1ccc(Cl)cc1)O[C@@H](CN1CCOC(c2cc(Cl)cc(Cl)c2)C1)C(F)(F)F. The van der Waals surface area contributed by atoms with E-state index in [1.807, 2.05) is 0 Å². The van der Waals surface area contributed by atoms with Crippen molar-refractivity contribution in [3.05, 3.63) is 63.1 Å². The lowest BCUT2D eigenvalue weighted by Crippen LogP contribution is -2.48. The highest BCUT2D eigenvalue weighted by molar-refractivity contribution is 6.34. The first-order chi connectivity index (χ1) is 14.6. The second-order valence-electron chi connectivity index (χ2n) is 6.89. The zero-order valence-electron chi connectivity index (χ0n) is 16.4. The topological polar surface area (TPSA) is 50.8 Å². The quantitative estimate of drug-likeness (QED) is 0.469. The predicted molar refractivity (Wildman–Crippen MR) is 120 cm³/mol. The van der Waals surface area contributed by atoms with Crippen molar-refractivity contribution in [1.82, 2.24) is 4.90 Å². The summed E-state index contributed by atoms with van der Waals surface area (Å²) in [5.41, 5.74) is 0.923. The Labute approximate surface area is 204 Å². The first-order valence-corrected chi connectivity index (χ1v) is 10.3. The minimum Gasteiger partial charge on any atom is -0.435 e. The van der Waals surface area contributed by atoms with Crippen LogP contribution in [-0.2, 0) is 9.47 Å². The van der Waals surface area contributed by atoms with Crippen LogP contribution in [0.15, 0.2) is 42.5 Å². The van der Waals surface area contributed by atoms with E-state index in [4.69, 9.17) is 44.3 Å². The number of anilines is 1. The molecule has 1 amide bonds. The maximum atomic E-state index is 13.5. The van der Waals surface area contributed by atoms with Gasteiger partial charge in [0.15, 0.2) is 0 Å². The largest absolute Gasteiger partial charge is 0.435 e. The number of benzene rings is 2. The lowest BCUT2D eigenvalue weighted by Gasteiger charge is -2.35. The van der Waals surface area contributed by atoms with E-state index in [0.717, 1.165) is 0 Å². The van der Waals surface area contributed by atoms with Gasteiger partial charge in [0.2, 0.25) is 6.10 Å². The van der Waals surface area contributed by atoms with Crippen molar-refractivity contribution < 1.29 is 27.4 Å². The average molecular weight is 534 g/mol. The van der Waals surface area contributed by atoms with Crippen molar-refractivity contribution >= 4 is 59.0 Å². The number of rotatable bonds is 5. The summed E-state index contributed by atoms with van der Waals surface area (Å²) in [5, 5.41) is 3.49. The summed E-state index contributed by atoms with van der Waals surface area (Å²) in [6.07, 6.45) is -8.79. The van der Waals surface area contributed by atoms with Crippen LogP contribution in [0.1, 0.15) is 11.7 Å². The van der Waals surface area contributed by atoms with Crippen molar-refractivity contribution in [2.75, 3.05) is 31.6 Å². The molecule has 3 rings (SSSR count).